The second kappa shape index (κ2) is 3.70. The minimum Gasteiger partial charge on any atom is -0.379 e. The van der Waals surface area contributed by atoms with E-state index in [0.29, 0.717) is 13.0 Å². The van der Waals surface area contributed by atoms with Gasteiger partial charge in [-0.25, -0.2) is 0 Å². The summed E-state index contributed by atoms with van der Waals surface area (Å²) in [7, 11) is 0. The van der Waals surface area contributed by atoms with Gasteiger partial charge in [0.15, 0.2) is 0 Å². The second-order valence-corrected chi connectivity index (χ2v) is 2.82. The van der Waals surface area contributed by atoms with E-state index in [0.717, 1.165) is 0 Å². The number of hydrogen-bond donors (Lipinski definition) is 1. The van der Waals surface area contributed by atoms with Crippen LogP contribution < -0.4 is 0 Å². The van der Waals surface area contributed by atoms with E-state index in [9.17, 15) is 5.11 Å². The molecule has 2 nitrogen and oxygen atoms in total. The van der Waals surface area contributed by atoms with Crippen LogP contribution in [0.2, 0.25) is 0 Å². The molecule has 0 spiro atoms. The maximum atomic E-state index is 9.86. The van der Waals surface area contributed by atoms with Crippen LogP contribution in [0.4, 0.5) is 0 Å². The monoisotopic (exact) mass is 166 g/mol. The van der Waals surface area contributed by atoms with Crippen molar-refractivity contribution in [2.75, 3.05) is 6.61 Å². The average Bonchev–Trinajstić information content (AvgIpc) is 2.18. The molecule has 0 bridgehead atoms. The molecule has 12 heavy (non-hydrogen) atoms. The first-order valence-corrected chi connectivity index (χ1v) is 3.99. The number of hydrogen-bond acceptors (Lipinski definition) is 2. The Labute approximate surface area is 72.9 Å². The first kappa shape index (κ1) is 9.23. The van der Waals surface area contributed by atoms with Gasteiger partial charge < -0.3 is 9.84 Å². The summed E-state index contributed by atoms with van der Waals surface area (Å²) in [4.78, 5) is 0. The quantitative estimate of drug-likeness (QED) is 0.643. The maximum Gasteiger partial charge on any atom is 0.127 e. The SMILES string of the molecule is C=CC(O)(C=C)[C@@H]1CC=CCO1. The van der Waals surface area contributed by atoms with E-state index >= 15 is 0 Å². The van der Waals surface area contributed by atoms with Gasteiger partial charge in [-0.2, -0.15) is 0 Å². The van der Waals surface area contributed by atoms with Crippen LogP contribution >= 0.6 is 0 Å². The number of aliphatic hydroxyl groups is 1. The lowest BCUT2D eigenvalue weighted by Crippen LogP contribution is -2.41. The Kier molecular flexibility index (Phi) is 2.84. The molecule has 66 valence electrons. The molecule has 0 aromatic heterocycles. The van der Waals surface area contributed by atoms with E-state index in [1.54, 1.807) is 0 Å². The molecular formula is C10H14O2. The molecule has 0 fully saturated rings. The highest BCUT2D eigenvalue weighted by Crippen LogP contribution is 2.22. The lowest BCUT2D eigenvalue weighted by atomic mass is 9.93. The van der Waals surface area contributed by atoms with Gasteiger partial charge >= 0.3 is 0 Å². The van der Waals surface area contributed by atoms with E-state index in [4.69, 9.17) is 4.74 Å². The van der Waals surface area contributed by atoms with Crippen molar-refractivity contribution in [3.8, 4) is 0 Å². The average molecular weight is 166 g/mol. The van der Waals surface area contributed by atoms with E-state index < -0.39 is 5.60 Å². The Morgan fingerprint density at radius 1 is 1.42 bits per heavy atom. The van der Waals surface area contributed by atoms with Crippen molar-refractivity contribution < 1.29 is 9.84 Å². The van der Waals surface area contributed by atoms with Crippen molar-refractivity contribution in [1.29, 1.82) is 0 Å². The third-order valence-electron chi connectivity index (χ3n) is 2.08. The normalized spacial score (nSPS) is 23.6. The molecule has 0 amide bonds. The molecule has 0 unspecified atom stereocenters. The zero-order chi connectivity index (χ0) is 9.03. The second-order valence-electron chi connectivity index (χ2n) is 2.82. The van der Waals surface area contributed by atoms with Crippen LogP contribution in [0.15, 0.2) is 37.5 Å². The predicted molar refractivity (Wildman–Crippen MR) is 48.8 cm³/mol. The summed E-state index contributed by atoms with van der Waals surface area (Å²) in [6.07, 6.45) is 7.31. The summed E-state index contributed by atoms with van der Waals surface area (Å²) < 4.78 is 5.35. The summed E-state index contributed by atoms with van der Waals surface area (Å²) in [5.41, 5.74) is -1.09. The topological polar surface area (TPSA) is 29.5 Å². The van der Waals surface area contributed by atoms with Crippen LogP contribution in [-0.4, -0.2) is 23.4 Å². The molecule has 1 atom stereocenters. The summed E-state index contributed by atoms with van der Waals surface area (Å²) in [6.45, 7) is 7.66. The standard InChI is InChI=1S/C10H14O2/c1-3-10(11,4-2)9-7-5-6-8-12-9/h3-6,9,11H,1-2,7-8H2/t9-/m0/s1. The van der Waals surface area contributed by atoms with Crippen molar-refractivity contribution in [2.24, 2.45) is 0 Å². The van der Waals surface area contributed by atoms with Crippen LogP contribution in [0.1, 0.15) is 6.42 Å². The lowest BCUT2D eigenvalue weighted by Gasteiger charge is -2.31. The van der Waals surface area contributed by atoms with E-state index in [1.807, 2.05) is 12.2 Å². The molecule has 1 aliphatic heterocycles. The van der Waals surface area contributed by atoms with Crippen molar-refractivity contribution in [1.82, 2.24) is 0 Å². The molecule has 1 N–H and O–H groups in total. The highest BCUT2D eigenvalue weighted by atomic mass is 16.5. The Bertz CT molecular complexity index is 198. The number of rotatable bonds is 3. The highest BCUT2D eigenvalue weighted by Gasteiger charge is 2.31. The first-order chi connectivity index (χ1) is 5.73. The first-order valence-electron chi connectivity index (χ1n) is 3.99. The van der Waals surface area contributed by atoms with Crippen LogP contribution in [0, 0.1) is 0 Å². The van der Waals surface area contributed by atoms with Gasteiger partial charge in [0, 0.05) is 0 Å². The molecular weight excluding hydrogens is 152 g/mol. The molecule has 1 heterocycles. The summed E-state index contributed by atoms with van der Waals surface area (Å²) in [5.74, 6) is 0. The summed E-state index contributed by atoms with van der Waals surface area (Å²) >= 11 is 0. The Morgan fingerprint density at radius 2 is 2.08 bits per heavy atom. The minimum absolute atomic E-state index is 0.238. The molecule has 2 heteroatoms. The molecule has 0 aromatic carbocycles. The van der Waals surface area contributed by atoms with Gasteiger partial charge in [0.25, 0.3) is 0 Å². The van der Waals surface area contributed by atoms with Gasteiger partial charge in [0.1, 0.15) is 5.60 Å². The van der Waals surface area contributed by atoms with Gasteiger partial charge in [-0.1, -0.05) is 37.5 Å². The van der Waals surface area contributed by atoms with Gasteiger partial charge in [-0.15, -0.1) is 0 Å². The lowest BCUT2D eigenvalue weighted by molar-refractivity contribution is -0.0487. The van der Waals surface area contributed by atoms with Crippen LogP contribution in [0.3, 0.4) is 0 Å². The predicted octanol–water partition coefficient (Wildman–Crippen LogP) is 1.43. The van der Waals surface area contributed by atoms with Gasteiger partial charge in [0.05, 0.1) is 12.7 Å². The maximum absolute atomic E-state index is 9.86. The van der Waals surface area contributed by atoms with Gasteiger partial charge in [0.2, 0.25) is 0 Å². The molecule has 0 aromatic rings. The van der Waals surface area contributed by atoms with Crippen LogP contribution in [0.25, 0.3) is 0 Å². The Balaban J connectivity index is 2.71. The van der Waals surface area contributed by atoms with Crippen molar-refractivity contribution in [2.45, 2.75) is 18.1 Å². The fourth-order valence-corrected chi connectivity index (χ4v) is 1.20. The molecule has 0 saturated heterocycles. The summed E-state index contributed by atoms with van der Waals surface area (Å²) in [5, 5.41) is 9.86. The van der Waals surface area contributed by atoms with E-state index in [2.05, 4.69) is 13.2 Å². The number of ether oxygens (including phenoxy) is 1. The zero-order valence-electron chi connectivity index (χ0n) is 7.07. The fraction of sp³-hybridized carbons (Fsp3) is 0.400. The molecule has 1 aliphatic rings. The molecule has 0 radical (unpaired) electrons. The zero-order valence-corrected chi connectivity index (χ0v) is 7.07. The van der Waals surface area contributed by atoms with E-state index in [1.165, 1.54) is 12.2 Å². The third-order valence-corrected chi connectivity index (χ3v) is 2.08. The summed E-state index contributed by atoms with van der Waals surface area (Å²) in [6, 6.07) is 0. The van der Waals surface area contributed by atoms with Crippen LogP contribution in [-0.2, 0) is 4.74 Å². The minimum atomic E-state index is -1.09. The highest BCUT2D eigenvalue weighted by molar-refractivity contribution is 5.15. The fourth-order valence-electron chi connectivity index (χ4n) is 1.20. The van der Waals surface area contributed by atoms with Crippen molar-refractivity contribution in [3.63, 3.8) is 0 Å². The third kappa shape index (κ3) is 1.65. The Hall–Kier alpha value is -0.860. The van der Waals surface area contributed by atoms with Crippen molar-refractivity contribution in [3.05, 3.63) is 37.5 Å². The molecule has 0 saturated carbocycles. The van der Waals surface area contributed by atoms with Gasteiger partial charge in [-0.3, -0.25) is 0 Å². The van der Waals surface area contributed by atoms with Crippen LogP contribution in [0.5, 0.6) is 0 Å². The Morgan fingerprint density at radius 3 is 2.50 bits per heavy atom. The van der Waals surface area contributed by atoms with Crippen molar-refractivity contribution >= 4 is 0 Å². The molecule has 1 rings (SSSR count). The largest absolute Gasteiger partial charge is 0.379 e. The smallest absolute Gasteiger partial charge is 0.127 e. The van der Waals surface area contributed by atoms with Gasteiger partial charge in [-0.05, 0) is 6.42 Å². The van der Waals surface area contributed by atoms with E-state index in [-0.39, 0.29) is 6.10 Å². The molecule has 0 aliphatic carbocycles.